The molecule has 0 radical (unpaired) electrons. The second-order valence-corrected chi connectivity index (χ2v) is 10.4. The van der Waals surface area contributed by atoms with Crippen molar-refractivity contribution in [2.75, 3.05) is 26.3 Å². The predicted molar refractivity (Wildman–Crippen MR) is 139 cm³/mol. The Bertz CT molecular complexity index is 1180. The van der Waals surface area contributed by atoms with Crippen molar-refractivity contribution in [1.29, 1.82) is 0 Å². The zero-order chi connectivity index (χ0) is 26.4. The zero-order valence-corrected chi connectivity index (χ0v) is 22.0. The van der Waals surface area contributed by atoms with Crippen LogP contribution in [0.1, 0.15) is 64.0 Å². The van der Waals surface area contributed by atoms with Gasteiger partial charge in [0.05, 0.1) is 18.8 Å². The Kier molecular flexibility index (Phi) is 9.13. The first-order valence-corrected chi connectivity index (χ1v) is 13.4. The van der Waals surface area contributed by atoms with Crippen molar-refractivity contribution in [2.45, 2.75) is 71.2 Å². The third kappa shape index (κ3) is 7.05. The van der Waals surface area contributed by atoms with E-state index in [9.17, 15) is 13.2 Å². The summed E-state index contributed by atoms with van der Waals surface area (Å²) in [5.41, 5.74) is 1.96. The maximum Gasteiger partial charge on any atom is 0.416 e. The van der Waals surface area contributed by atoms with Crippen molar-refractivity contribution in [3.63, 3.8) is 0 Å². The minimum absolute atomic E-state index is 0.235. The molecule has 37 heavy (non-hydrogen) atoms. The van der Waals surface area contributed by atoms with Gasteiger partial charge in [-0.25, -0.2) is 0 Å². The molecule has 2 aliphatic rings. The van der Waals surface area contributed by atoms with Gasteiger partial charge >= 0.3 is 6.18 Å². The third-order valence-electron chi connectivity index (χ3n) is 6.90. The molecular formula is C29H38F3N3O2. The summed E-state index contributed by atoms with van der Waals surface area (Å²) in [5.74, 6) is 0.804. The molecule has 0 spiro atoms. The fourth-order valence-corrected chi connectivity index (χ4v) is 4.97. The Morgan fingerprint density at radius 1 is 1.19 bits per heavy atom. The second kappa shape index (κ2) is 12.3. The summed E-state index contributed by atoms with van der Waals surface area (Å²) in [6, 6.07) is 6.10. The molecule has 4 rings (SSSR count). The number of rotatable bonds is 10. The lowest BCUT2D eigenvalue weighted by atomic mass is 9.96. The van der Waals surface area contributed by atoms with Gasteiger partial charge in [0, 0.05) is 54.4 Å². The van der Waals surface area contributed by atoms with E-state index in [-0.39, 0.29) is 11.9 Å². The minimum Gasteiger partial charge on any atom is -0.485 e. The number of fused-ring (bicyclic) bond motifs is 1. The molecule has 3 heterocycles. The van der Waals surface area contributed by atoms with E-state index in [4.69, 9.17) is 9.47 Å². The van der Waals surface area contributed by atoms with Crippen LogP contribution < -0.4 is 25.8 Å². The summed E-state index contributed by atoms with van der Waals surface area (Å²) in [5, 5.41) is 9.29. The Labute approximate surface area is 217 Å². The van der Waals surface area contributed by atoms with Crippen LogP contribution in [0.5, 0.6) is 5.75 Å². The number of hydrogen-bond acceptors (Lipinski definition) is 5. The van der Waals surface area contributed by atoms with Crippen molar-refractivity contribution in [1.82, 2.24) is 15.6 Å². The maximum absolute atomic E-state index is 13.6. The monoisotopic (exact) mass is 517 g/mol. The normalized spacial score (nSPS) is 20.5. The van der Waals surface area contributed by atoms with E-state index in [1.807, 2.05) is 12.3 Å². The first kappa shape index (κ1) is 27.5. The summed E-state index contributed by atoms with van der Waals surface area (Å²) in [6.45, 7) is 8.70. The number of alkyl halides is 3. The van der Waals surface area contributed by atoms with Crippen LogP contribution in [0.25, 0.3) is 11.3 Å². The van der Waals surface area contributed by atoms with Gasteiger partial charge in [-0.15, -0.1) is 0 Å². The van der Waals surface area contributed by atoms with E-state index in [2.05, 4.69) is 36.4 Å². The van der Waals surface area contributed by atoms with E-state index in [0.29, 0.717) is 37.3 Å². The predicted octanol–water partition coefficient (Wildman–Crippen LogP) is 4.37. The number of halogens is 3. The molecule has 2 N–H and O–H groups in total. The number of nitrogens with one attached hydrogen (secondary N) is 2. The van der Waals surface area contributed by atoms with Crippen molar-refractivity contribution < 1.29 is 22.6 Å². The number of ether oxygens (including phenoxy) is 2. The van der Waals surface area contributed by atoms with Crippen LogP contribution in [0.15, 0.2) is 36.7 Å². The lowest BCUT2D eigenvalue weighted by Gasteiger charge is -2.29. The largest absolute Gasteiger partial charge is 0.485 e. The number of unbranched alkanes of at least 4 members (excludes halogenated alkanes) is 1. The van der Waals surface area contributed by atoms with Crippen molar-refractivity contribution in [3.05, 3.63) is 58.2 Å². The van der Waals surface area contributed by atoms with Crippen molar-refractivity contribution >= 4 is 11.3 Å². The Morgan fingerprint density at radius 2 is 2.00 bits per heavy atom. The summed E-state index contributed by atoms with van der Waals surface area (Å²) < 4.78 is 51.9. The van der Waals surface area contributed by atoms with Crippen LogP contribution >= 0.6 is 0 Å². The Balaban J connectivity index is 1.86. The fraction of sp³-hybridized carbons (Fsp3) is 0.552. The first-order chi connectivity index (χ1) is 17.8. The van der Waals surface area contributed by atoms with Crippen molar-refractivity contribution in [2.24, 2.45) is 5.92 Å². The SMILES string of the molecule is CCCCC(CC(C)C)N/C1=c2\cncc\c2=C(/c2ccc(C(F)(F)F)cc2OC2COC2)CNCC1. The average molecular weight is 518 g/mol. The van der Waals surface area contributed by atoms with E-state index < -0.39 is 11.7 Å². The van der Waals surface area contributed by atoms with Crippen LogP contribution in [0.2, 0.25) is 0 Å². The molecule has 0 amide bonds. The average Bonchev–Trinajstić information content (AvgIpc) is 2.82. The highest BCUT2D eigenvalue weighted by Crippen LogP contribution is 2.35. The lowest BCUT2D eigenvalue weighted by molar-refractivity contribution is -0.137. The van der Waals surface area contributed by atoms with E-state index in [1.165, 1.54) is 6.07 Å². The van der Waals surface area contributed by atoms with Crippen LogP contribution in [0.4, 0.5) is 13.2 Å². The molecule has 0 aliphatic carbocycles. The molecule has 0 saturated carbocycles. The molecule has 1 aromatic heterocycles. The third-order valence-corrected chi connectivity index (χ3v) is 6.90. The number of aromatic nitrogens is 1. The molecule has 2 aliphatic heterocycles. The molecule has 5 nitrogen and oxygen atoms in total. The topological polar surface area (TPSA) is 55.4 Å². The van der Waals surface area contributed by atoms with Gasteiger partial charge in [0.15, 0.2) is 0 Å². The van der Waals surface area contributed by atoms with E-state index in [1.54, 1.807) is 6.20 Å². The molecule has 0 bridgehead atoms. The highest BCUT2D eigenvalue weighted by molar-refractivity contribution is 5.73. The molecule has 1 aromatic carbocycles. The molecular weight excluding hydrogens is 479 g/mol. The number of nitrogens with zero attached hydrogens (tertiary/aromatic N) is 1. The highest BCUT2D eigenvalue weighted by atomic mass is 19.4. The smallest absolute Gasteiger partial charge is 0.416 e. The Hall–Kier alpha value is -2.58. The maximum atomic E-state index is 13.6. The summed E-state index contributed by atoms with van der Waals surface area (Å²) in [7, 11) is 0. The van der Waals surface area contributed by atoms with Gasteiger partial charge in [0.25, 0.3) is 0 Å². The molecule has 1 unspecified atom stereocenters. The molecule has 1 atom stereocenters. The van der Waals surface area contributed by atoms with Gasteiger partial charge in [0.1, 0.15) is 11.9 Å². The van der Waals surface area contributed by atoms with Crippen LogP contribution in [0, 0.1) is 5.92 Å². The van der Waals surface area contributed by atoms with Gasteiger partial charge in [-0.1, -0.05) is 39.7 Å². The highest BCUT2D eigenvalue weighted by Gasteiger charge is 2.32. The van der Waals surface area contributed by atoms with Gasteiger partial charge in [0.2, 0.25) is 0 Å². The van der Waals surface area contributed by atoms with Crippen LogP contribution in [-0.4, -0.2) is 43.4 Å². The molecule has 2 aromatic rings. The molecule has 8 heteroatoms. The van der Waals surface area contributed by atoms with Gasteiger partial charge in [-0.3, -0.25) is 4.98 Å². The van der Waals surface area contributed by atoms with Crippen molar-refractivity contribution in [3.8, 4) is 5.75 Å². The fourth-order valence-electron chi connectivity index (χ4n) is 4.97. The van der Waals surface area contributed by atoms with Crippen LogP contribution in [-0.2, 0) is 10.9 Å². The van der Waals surface area contributed by atoms with E-state index in [0.717, 1.165) is 72.5 Å². The number of pyridine rings is 1. The summed E-state index contributed by atoms with van der Waals surface area (Å²) in [6.07, 6.45) is 4.21. The van der Waals surface area contributed by atoms with Gasteiger partial charge in [-0.05, 0) is 47.8 Å². The van der Waals surface area contributed by atoms with Crippen LogP contribution in [0.3, 0.4) is 0 Å². The second-order valence-electron chi connectivity index (χ2n) is 10.4. The first-order valence-electron chi connectivity index (χ1n) is 13.4. The lowest BCUT2D eigenvalue weighted by Crippen LogP contribution is -2.42. The Morgan fingerprint density at radius 3 is 2.68 bits per heavy atom. The summed E-state index contributed by atoms with van der Waals surface area (Å²) >= 11 is 0. The summed E-state index contributed by atoms with van der Waals surface area (Å²) in [4.78, 5) is 4.43. The number of benzene rings is 1. The zero-order valence-electron chi connectivity index (χ0n) is 22.0. The van der Waals surface area contributed by atoms with Gasteiger partial charge < -0.3 is 20.1 Å². The molecule has 1 saturated heterocycles. The quantitative estimate of drug-likeness (QED) is 0.490. The standard InChI is InChI=1S/C29H38F3N3O2/c1-4-5-6-21(13-19(2)3)35-27-10-12-34-15-25(23-9-11-33-16-26(23)27)24-8-7-20(29(30,31)32)14-28(24)37-22-17-36-18-22/h7-9,11,14,16,19,21-22,34-35H,4-6,10,12-13,15,17-18H2,1-3H3/b25-23+,27-26+. The molecule has 202 valence electrons. The van der Waals surface area contributed by atoms with E-state index >= 15 is 0 Å². The molecule has 1 fully saturated rings. The number of hydrogen-bond donors (Lipinski definition) is 2. The minimum atomic E-state index is -4.45. The van der Waals surface area contributed by atoms with Gasteiger partial charge in [-0.2, -0.15) is 13.2 Å².